The van der Waals surface area contributed by atoms with Crippen molar-refractivity contribution in [3.05, 3.63) is 65.9 Å². The smallest absolute Gasteiger partial charge is 0.338 e. The highest BCUT2D eigenvalue weighted by molar-refractivity contribution is 6.07. The summed E-state index contributed by atoms with van der Waals surface area (Å²) in [7, 11) is 0. The number of phenolic OH excluding ortho intramolecular Hbond substituents is 1. The Morgan fingerprint density at radius 1 is 1.09 bits per heavy atom. The van der Waals surface area contributed by atoms with Crippen LogP contribution >= 0.6 is 0 Å². The molecule has 0 aliphatic heterocycles. The molecule has 3 aromatic rings. The van der Waals surface area contributed by atoms with Crippen LogP contribution in [-0.4, -0.2) is 20.7 Å². The number of hydrogen-bond acceptors (Lipinski definition) is 2. The Labute approximate surface area is 127 Å². The van der Waals surface area contributed by atoms with Crippen LogP contribution in [0.4, 0.5) is 0 Å². The lowest BCUT2D eigenvalue weighted by molar-refractivity contribution is 0.0698. The topological polar surface area (TPSA) is 62.5 Å². The zero-order valence-corrected chi connectivity index (χ0v) is 12.0. The van der Waals surface area contributed by atoms with Gasteiger partial charge >= 0.3 is 5.97 Å². The monoisotopic (exact) mass is 293 g/mol. The van der Waals surface area contributed by atoms with Gasteiger partial charge in [0.1, 0.15) is 5.75 Å². The van der Waals surface area contributed by atoms with Crippen molar-refractivity contribution in [2.45, 2.75) is 6.92 Å². The summed E-state index contributed by atoms with van der Waals surface area (Å²) < 4.78 is 1.89. The number of para-hydroxylation sites is 1. The molecule has 1 aromatic heterocycles. The van der Waals surface area contributed by atoms with E-state index in [4.69, 9.17) is 0 Å². The van der Waals surface area contributed by atoms with E-state index >= 15 is 0 Å². The maximum absolute atomic E-state index is 11.7. The molecule has 0 spiro atoms. The molecule has 0 radical (unpaired) electrons. The number of phenols is 1. The first-order chi connectivity index (χ1) is 10.6. The summed E-state index contributed by atoms with van der Waals surface area (Å²) in [6.07, 6.45) is 3.61. The molecular weight excluding hydrogens is 278 g/mol. The summed E-state index contributed by atoms with van der Waals surface area (Å²) in [5.41, 5.74) is 2.51. The predicted molar refractivity (Wildman–Crippen MR) is 86.6 cm³/mol. The van der Waals surface area contributed by atoms with Gasteiger partial charge in [-0.3, -0.25) is 0 Å². The van der Waals surface area contributed by atoms with E-state index < -0.39 is 5.97 Å². The molecule has 0 amide bonds. The van der Waals surface area contributed by atoms with Gasteiger partial charge in [-0.15, -0.1) is 0 Å². The van der Waals surface area contributed by atoms with Crippen molar-refractivity contribution < 1.29 is 15.0 Å². The Balaban J connectivity index is 2.44. The van der Waals surface area contributed by atoms with E-state index in [1.807, 2.05) is 41.8 Å². The molecule has 0 aliphatic carbocycles. The number of carboxylic acid groups (broad SMARTS) is 1. The fourth-order valence-electron chi connectivity index (χ4n) is 2.68. The summed E-state index contributed by atoms with van der Waals surface area (Å²) >= 11 is 0. The van der Waals surface area contributed by atoms with Crippen LogP contribution in [0.2, 0.25) is 0 Å². The molecule has 0 saturated carbocycles. The number of carboxylic acids is 1. The fourth-order valence-corrected chi connectivity index (χ4v) is 2.68. The fraction of sp³-hybridized carbons (Fsp3) is 0.0556. The SMILES string of the molecule is C/C=C\c1c(C(=O)O)c2ccccc2n1-c1ccc(O)cc1. The summed E-state index contributed by atoms with van der Waals surface area (Å²) in [5, 5.41) is 19.8. The molecule has 3 rings (SSSR count). The van der Waals surface area contributed by atoms with Gasteiger partial charge in [0, 0.05) is 11.1 Å². The Kier molecular flexibility index (Phi) is 3.43. The predicted octanol–water partition coefficient (Wildman–Crippen LogP) is 4.07. The van der Waals surface area contributed by atoms with Crippen molar-refractivity contribution in [2.75, 3.05) is 0 Å². The third-order valence-corrected chi connectivity index (χ3v) is 3.56. The summed E-state index contributed by atoms with van der Waals surface area (Å²) in [4.78, 5) is 11.7. The first kappa shape index (κ1) is 13.9. The molecule has 2 aromatic carbocycles. The van der Waals surface area contributed by atoms with Gasteiger partial charge in [0.25, 0.3) is 0 Å². The van der Waals surface area contributed by atoms with Gasteiger partial charge in [0.05, 0.1) is 16.8 Å². The summed E-state index contributed by atoms with van der Waals surface area (Å²) in [6, 6.07) is 14.1. The van der Waals surface area contributed by atoms with Crippen molar-refractivity contribution in [3.63, 3.8) is 0 Å². The number of aromatic nitrogens is 1. The third kappa shape index (κ3) is 2.15. The van der Waals surface area contributed by atoms with Gasteiger partial charge in [-0.2, -0.15) is 0 Å². The highest BCUT2D eigenvalue weighted by atomic mass is 16.4. The van der Waals surface area contributed by atoms with Crippen LogP contribution in [0.1, 0.15) is 23.0 Å². The lowest BCUT2D eigenvalue weighted by Gasteiger charge is -2.09. The van der Waals surface area contributed by atoms with Gasteiger partial charge in [-0.05, 0) is 43.3 Å². The van der Waals surface area contributed by atoms with Crippen LogP contribution in [0.25, 0.3) is 22.7 Å². The van der Waals surface area contributed by atoms with E-state index in [-0.39, 0.29) is 11.3 Å². The quantitative estimate of drug-likeness (QED) is 0.765. The molecule has 1 heterocycles. The molecular formula is C18H15NO3. The van der Waals surface area contributed by atoms with E-state index in [0.29, 0.717) is 11.1 Å². The van der Waals surface area contributed by atoms with Crippen molar-refractivity contribution in [2.24, 2.45) is 0 Å². The average Bonchev–Trinajstić information content (AvgIpc) is 2.83. The van der Waals surface area contributed by atoms with Gasteiger partial charge in [0.2, 0.25) is 0 Å². The van der Waals surface area contributed by atoms with E-state index in [1.54, 1.807) is 30.3 Å². The maximum atomic E-state index is 11.7. The molecule has 4 heteroatoms. The zero-order chi connectivity index (χ0) is 15.7. The largest absolute Gasteiger partial charge is 0.508 e. The molecule has 2 N–H and O–H groups in total. The normalized spacial score (nSPS) is 11.3. The van der Waals surface area contributed by atoms with Gasteiger partial charge < -0.3 is 14.8 Å². The van der Waals surface area contributed by atoms with Crippen molar-refractivity contribution >= 4 is 22.9 Å². The van der Waals surface area contributed by atoms with E-state index in [0.717, 1.165) is 11.2 Å². The Hall–Kier alpha value is -3.01. The molecule has 4 nitrogen and oxygen atoms in total. The number of aromatic carboxylic acids is 1. The number of allylic oxidation sites excluding steroid dienone is 1. The first-order valence-electron chi connectivity index (χ1n) is 6.92. The van der Waals surface area contributed by atoms with Crippen LogP contribution in [0.15, 0.2) is 54.6 Å². The molecule has 22 heavy (non-hydrogen) atoms. The Morgan fingerprint density at radius 3 is 2.41 bits per heavy atom. The van der Waals surface area contributed by atoms with E-state index in [9.17, 15) is 15.0 Å². The van der Waals surface area contributed by atoms with Gasteiger partial charge in [-0.1, -0.05) is 24.3 Å². The summed E-state index contributed by atoms with van der Waals surface area (Å²) in [6.45, 7) is 1.85. The number of nitrogens with zero attached hydrogens (tertiary/aromatic N) is 1. The number of rotatable bonds is 3. The average molecular weight is 293 g/mol. The minimum Gasteiger partial charge on any atom is -0.508 e. The minimum absolute atomic E-state index is 0.172. The number of fused-ring (bicyclic) bond motifs is 1. The maximum Gasteiger partial charge on any atom is 0.338 e. The lowest BCUT2D eigenvalue weighted by atomic mass is 10.1. The molecule has 0 saturated heterocycles. The Morgan fingerprint density at radius 2 is 1.77 bits per heavy atom. The number of aromatic hydroxyl groups is 1. The molecule has 0 unspecified atom stereocenters. The zero-order valence-electron chi connectivity index (χ0n) is 12.0. The van der Waals surface area contributed by atoms with Crippen molar-refractivity contribution in [1.29, 1.82) is 0 Å². The summed E-state index contributed by atoms with van der Waals surface area (Å²) in [5.74, 6) is -0.784. The first-order valence-corrected chi connectivity index (χ1v) is 6.92. The highest BCUT2D eigenvalue weighted by Gasteiger charge is 2.20. The highest BCUT2D eigenvalue weighted by Crippen LogP contribution is 2.31. The van der Waals surface area contributed by atoms with Gasteiger partial charge in [0.15, 0.2) is 0 Å². The number of hydrogen-bond donors (Lipinski definition) is 2. The second-order valence-corrected chi connectivity index (χ2v) is 4.93. The molecule has 0 bridgehead atoms. The molecule has 0 atom stereocenters. The van der Waals surface area contributed by atoms with Crippen LogP contribution in [0.5, 0.6) is 5.75 Å². The second kappa shape index (κ2) is 5.41. The third-order valence-electron chi connectivity index (χ3n) is 3.56. The molecule has 0 fully saturated rings. The second-order valence-electron chi connectivity index (χ2n) is 4.93. The standard InChI is InChI=1S/C18H15NO3/c1-2-5-16-17(18(21)22)14-6-3-4-7-15(14)19(16)12-8-10-13(20)11-9-12/h2-11,20H,1H3,(H,21,22)/b5-2-. The molecule has 0 aliphatic rings. The number of benzene rings is 2. The lowest BCUT2D eigenvalue weighted by Crippen LogP contribution is -2.01. The van der Waals surface area contributed by atoms with Crippen molar-refractivity contribution in [1.82, 2.24) is 4.57 Å². The Bertz CT molecular complexity index is 873. The van der Waals surface area contributed by atoms with Gasteiger partial charge in [-0.25, -0.2) is 4.79 Å². The van der Waals surface area contributed by atoms with E-state index in [2.05, 4.69) is 0 Å². The van der Waals surface area contributed by atoms with Crippen LogP contribution in [0, 0.1) is 0 Å². The molecule has 110 valence electrons. The van der Waals surface area contributed by atoms with Crippen LogP contribution in [0.3, 0.4) is 0 Å². The number of carbonyl (C=O) groups is 1. The van der Waals surface area contributed by atoms with Crippen LogP contribution in [-0.2, 0) is 0 Å². The minimum atomic E-state index is -0.957. The van der Waals surface area contributed by atoms with E-state index in [1.165, 1.54) is 0 Å². The van der Waals surface area contributed by atoms with Crippen LogP contribution < -0.4 is 0 Å². The van der Waals surface area contributed by atoms with Crippen molar-refractivity contribution in [3.8, 4) is 11.4 Å².